The number of esters is 1. The molecule has 0 bridgehead atoms. The standard InChI is InChI=1S/C35H42N2O4/c1-5-18-37(23-25(2)3)19-17-34(30-11-8-12-32(21-30)41-26(4)38)22-31(15-16-35(34,40)24-37)36-33(39)29-14-13-27-9-6-7-10-28(27)20-29/h5-14,20-21,25,31,40H,1,15-19,22-24H2,2-4H3/p+1/t31-,34+,35?,37-/m0/s1. The highest BCUT2D eigenvalue weighted by molar-refractivity contribution is 5.98. The number of piperidine rings is 1. The van der Waals surface area contributed by atoms with Gasteiger partial charge in [-0.1, -0.05) is 62.9 Å². The van der Waals surface area contributed by atoms with Crippen molar-refractivity contribution in [1.29, 1.82) is 0 Å². The van der Waals surface area contributed by atoms with Gasteiger partial charge in [-0.15, -0.1) is 0 Å². The lowest BCUT2D eigenvalue weighted by Gasteiger charge is -2.60. The van der Waals surface area contributed by atoms with E-state index in [9.17, 15) is 14.7 Å². The molecule has 1 heterocycles. The van der Waals surface area contributed by atoms with Gasteiger partial charge in [0.2, 0.25) is 0 Å². The number of likely N-dealkylation sites (tertiary alicyclic amines) is 1. The van der Waals surface area contributed by atoms with Crippen LogP contribution in [-0.4, -0.2) is 59.3 Å². The Hall–Kier alpha value is -3.48. The van der Waals surface area contributed by atoms with Gasteiger partial charge >= 0.3 is 5.97 Å². The number of rotatable bonds is 8. The van der Waals surface area contributed by atoms with Crippen LogP contribution < -0.4 is 10.1 Å². The van der Waals surface area contributed by atoms with E-state index >= 15 is 0 Å². The maximum absolute atomic E-state index is 13.5. The van der Waals surface area contributed by atoms with Gasteiger partial charge in [-0.3, -0.25) is 9.59 Å². The fourth-order valence-corrected chi connectivity index (χ4v) is 7.70. The minimum Gasteiger partial charge on any atom is -0.427 e. The van der Waals surface area contributed by atoms with Crippen molar-refractivity contribution in [3.05, 3.63) is 90.5 Å². The van der Waals surface area contributed by atoms with Crippen molar-refractivity contribution in [1.82, 2.24) is 5.32 Å². The molecule has 1 aliphatic heterocycles. The van der Waals surface area contributed by atoms with Gasteiger partial charge in [0, 0.05) is 36.3 Å². The first kappa shape index (κ1) is 29.0. The number of ether oxygens (including phenoxy) is 1. The number of aliphatic hydroxyl groups is 1. The maximum atomic E-state index is 13.5. The number of fused-ring (bicyclic) bond motifs is 2. The third kappa shape index (κ3) is 5.81. The predicted octanol–water partition coefficient (Wildman–Crippen LogP) is 5.78. The third-order valence-corrected chi connectivity index (χ3v) is 9.27. The van der Waals surface area contributed by atoms with Crippen LogP contribution in [0.3, 0.4) is 0 Å². The number of carbonyl (C=O) groups is 2. The van der Waals surface area contributed by atoms with Gasteiger partial charge in [0.05, 0.1) is 19.6 Å². The highest BCUT2D eigenvalue weighted by Crippen LogP contribution is 2.53. The Morgan fingerprint density at radius 3 is 2.61 bits per heavy atom. The van der Waals surface area contributed by atoms with Gasteiger partial charge in [0.25, 0.3) is 5.91 Å². The van der Waals surface area contributed by atoms with Crippen molar-refractivity contribution in [2.45, 2.75) is 63.5 Å². The van der Waals surface area contributed by atoms with Gasteiger partial charge in [-0.25, -0.2) is 0 Å². The molecule has 4 atom stereocenters. The quantitative estimate of drug-likeness (QED) is 0.160. The molecule has 0 aromatic heterocycles. The summed E-state index contributed by atoms with van der Waals surface area (Å²) in [6, 6.07) is 21.4. The number of nitrogens with zero attached hydrogens (tertiary/aromatic N) is 1. The van der Waals surface area contributed by atoms with E-state index in [1.807, 2.05) is 66.7 Å². The number of nitrogens with one attached hydrogen (secondary N) is 1. The first-order chi connectivity index (χ1) is 19.6. The van der Waals surface area contributed by atoms with Crippen molar-refractivity contribution >= 4 is 22.6 Å². The second-order valence-electron chi connectivity index (χ2n) is 12.7. The molecule has 0 spiro atoms. The van der Waals surface area contributed by atoms with E-state index in [2.05, 4.69) is 25.7 Å². The average molecular weight is 556 g/mol. The Balaban J connectivity index is 1.48. The van der Waals surface area contributed by atoms with E-state index in [1.54, 1.807) is 6.07 Å². The number of quaternary nitrogens is 1. The minimum atomic E-state index is -0.984. The number of hydrogen-bond donors (Lipinski definition) is 2. The zero-order valence-electron chi connectivity index (χ0n) is 24.6. The van der Waals surface area contributed by atoms with Crippen molar-refractivity contribution in [2.24, 2.45) is 5.92 Å². The topological polar surface area (TPSA) is 75.6 Å². The van der Waals surface area contributed by atoms with Crippen molar-refractivity contribution in [3.8, 4) is 5.75 Å². The van der Waals surface area contributed by atoms with E-state index < -0.39 is 11.0 Å². The molecule has 6 nitrogen and oxygen atoms in total. The molecule has 1 saturated carbocycles. The molecular weight excluding hydrogens is 512 g/mol. The summed E-state index contributed by atoms with van der Waals surface area (Å²) in [6.07, 6.45) is 4.62. The monoisotopic (exact) mass is 555 g/mol. The maximum Gasteiger partial charge on any atom is 0.308 e. The fraction of sp³-hybridized carbons (Fsp3) is 0.429. The van der Waals surface area contributed by atoms with E-state index in [0.29, 0.717) is 43.0 Å². The van der Waals surface area contributed by atoms with Crippen LogP contribution in [0.25, 0.3) is 10.8 Å². The van der Waals surface area contributed by atoms with Crippen LogP contribution in [0.1, 0.15) is 62.4 Å². The number of carbonyl (C=O) groups excluding carboxylic acids is 2. The molecule has 6 heteroatoms. The number of hydrogen-bond acceptors (Lipinski definition) is 4. The minimum absolute atomic E-state index is 0.0950. The summed E-state index contributed by atoms with van der Waals surface area (Å²) in [4.78, 5) is 25.2. The lowest BCUT2D eigenvalue weighted by molar-refractivity contribution is -0.938. The molecule has 1 aliphatic carbocycles. The molecule has 216 valence electrons. The molecule has 2 N–H and O–H groups in total. The van der Waals surface area contributed by atoms with Gasteiger partial charge in [0.15, 0.2) is 0 Å². The zero-order chi connectivity index (χ0) is 29.3. The van der Waals surface area contributed by atoms with Crippen LogP contribution in [0.15, 0.2) is 79.4 Å². The molecule has 3 aromatic rings. The molecule has 5 rings (SSSR count). The van der Waals surface area contributed by atoms with Gasteiger partial charge < -0.3 is 19.6 Å². The smallest absolute Gasteiger partial charge is 0.308 e. The summed E-state index contributed by atoms with van der Waals surface area (Å²) >= 11 is 0. The lowest BCUT2D eigenvalue weighted by atomic mass is 9.54. The summed E-state index contributed by atoms with van der Waals surface area (Å²) in [5.41, 5.74) is 0.0206. The lowest BCUT2D eigenvalue weighted by Crippen LogP contribution is -2.72. The molecule has 1 amide bonds. The fourth-order valence-electron chi connectivity index (χ4n) is 7.70. The summed E-state index contributed by atoms with van der Waals surface area (Å²) < 4.78 is 6.27. The van der Waals surface area contributed by atoms with E-state index in [-0.39, 0.29) is 17.9 Å². The van der Waals surface area contributed by atoms with Crippen LogP contribution in [0, 0.1) is 5.92 Å². The van der Waals surface area contributed by atoms with Crippen LogP contribution in [0.4, 0.5) is 0 Å². The largest absolute Gasteiger partial charge is 0.427 e. The number of benzene rings is 3. The second kappa shape index (κ2) is 11.4. The Labute approximate surface area is 243 Å². The van der Waals surface area contributed by atoms with Crippen molar-refractivity contribution in [3.63, 3.8) is 0 Å². The van der Waals surface area contributed by atoms with Gasteiger partial charge in [-0.05, 0) is 65.9 Å². The van der Waals surface area contributed by atoms with Crippen LogP contribution in [-0.2, 0) is 10.2 Å². The normalized spacial score (nSPS) is 27.7. The summed E-state index contributed by atoms with van der Waals surface area (Å²) in [5, 5.41) is 18.1. The Kier molecular flexibility index (Phi) is 8.09. The first-order valence-corrected chi connectivity index (χ1v) is 14.8. The molecule has 1 unspecified atom stereocenters. The molecule has 2 aliphatic rings. The Morgan fingerprint density at radius 2 is 1.88 bits per heavy atom. The molecule has 2 fully saturated rings. The van der Waals surface area contributed by atoms with Gasteiger partial charge in [0.1, 0.15) is 17.9 Å². The molecule has 1 saturated heterocycles. The van der Waals surface area contributed by atoms with Crippen molar-refractivity contribution in [2.75, 3.05) is 26.2 Å². The SMILES string of the molecule is C=CC[N@@+]1(CC(C)C)CC[C@]2(c3cccc(OC(C)=O)c3)C[C@@H](NC(=O)c3ccc4ccccc4c3)CCC2(O)C1. The van der Waals surface area contributed by atoms with Crippen LogP contribution >= 0.6 is 0 Å². The van der Waals surface area contributed by atoms with Crippen LogP contribution in [0.2, 0.25) is 0 Å². The third-order valence-electron chi connectivity index (χ3n) is 9.27. The number of amides is 1. The molecular formula is C35H43N2O4+. The Bertz CT molecular complexity index is 1450. The summed E-state index contributed by atoms with van der Waals surface area (Å²) in [5.74, 6) is 0.494. The first-order valence-electron chi connectivity index (χ1n) is 14.8. The van der Waals surface area contributed by atoms with E-state index in [4.69, 9.17) is 4.74 Å². The van der Waals surface area contributed by atoms with E-state index in [0.717, 1.165) is 46.9 Å². The summed E-state index contributed by atoms with van der Waals surface area (Å²) in [6.45, 7) is 13.2. The second-order valence-corrected chi connectivity index (χ2v) is 12.7. The summed E-state index contributed by atoms with van der Waals surface area (Å²) in [7, 11) is 0. The molecule has 0 radical (unpaired) electrons. The molecule has 3 aromatic carbocycles. The van der Waals surface area contributed by atoms with Crippen LogP contribution in [0.5, 0.6) is 5.75 Å². The van der Waals surface area contributed by atoms with Crippen molar-refractivity contribution < 1.29 is 23.9 Å². The highest BCUT2D eigenvalue weighted by Gasteiger charge is 2.62. The average Bonchev–Trinajstić information content (AvgIpc) is 2.92. The highest BCUT2D eigenvalue weighted by atomic mass is 16.5. The van der Waals surface area contributed by atoms with Gasteiger partial charge in [-0.2, -0.15) is 0 Å². The molecule has 41 heavy (non-hydrogen) atoms. The predicted molar refractivity (Wildman–Crippen MR) is 163 cm³/mol. The zero-order valence-corrected chi connectivity index (χ0v) is 24.6. The Morgan fingerprint density at radius 1 is 1.10 bits per heavy atom. The van der Waals surface area contributed by atoms with E-state index in [1.165, 1.54) is 6.92 Å².